The molecule has 150 valence electrons. The maximum atomic E-state index is 13.2. The number of hydrogen-bond donors (Lipinski definition) is 0. The van der Waals surface area contributed by atoms with Crippen molar-refractivity contribution in [2.45, 2.75) is 46.4 Å². The molecule has 2 aromatic carbocycles. The van der Waals surface area contributed by atoms with Gasteiger partial charge < -0.3 is 4.57 Å². The van der Waals surface area contributed by atoms with Gasteiger partial charge >= 0.3 is 0 Å². The molecule has 0 fully saturated rings. The van der Waals surface area contributed by atoms with Crippen molar-refractivity contribution >= 4 is 0 Å². The van der Waals surface area contributed by atoms with E-state index in [0.717, 1.165) is 30.8 Å². The third kappa shape index (κ3) is 5.56. The molecule has 0 saturated carbocycles. The minimum Gasteiger partial charge on any atom is -0.346 e. The SMILES string of the molecule is CC(C)C(C)N(Cc1cccc(C#N)c1)Cc1cccn1Cc1ccc(F)cc1. The van der Waals surface area contributed by atoms with Crippen LogP contribution in [0.4, 0.5) is 4.39 Å². The van der Waals surface area contributed by atoms with Gasteiger partial charge in [-0.25, -0.2) is 4.39 Å². The molecular weight excluding hydrogens is 361 g/mol. The number of rotatable bonds is 8. The van der Waals surface area contributed by atoms with Crippen molar-refractivity contribution in [2.75, 3.05) is 0 Å². The second-order valence-corrected chi connectivity index (χ2v) is 7.96. The Kier molecular flexibility index (Phi) is 6.85. The summed E-state index contributed by atoms with van der Waals surface area (Å²) in [6, 6.07) is 21.3. The predicted octanol–water partition coefficient (Wildman–Crippen LogP) is 5.59. The van der Waals surface area contributed by atoms with Gasteiger partial charge in [0, 0.05) is 37.6 Å². The molecule has 1 unspecified atom stereocenters. The van der Waals surface area contributed by atoms with Crippen LogP contribution in [0.25, 0.3) is 0 Å². The van der Waals surface area contributed by atoms with Gasteiger partial charge in [0.25, 0.3) is 0 Å². The maximum absolute atomic E-state index is 13.2. The highest BCUT2D eigenvalue weighted by Crippen LogP contribution is 2.20. The van der Waals surface area contributed by atoms with Gasteiger partial charge in [-0.1, -0.05) is 38.1 Å². The molecule has 0 N–H and O–H groups in total. The van der Waals surface area contributed by atoms with E-state index in [1.807, 2.05) is 30.3 Å². The first-order chi connectivity index (χ1) is 14.0. The molecule has 4 heteroatoms. The van der Waals surface area contributed by atoms with Gasteiger partial charge in [0.1, 0.15) is 5.82 Å². The molecule has 0 bridgehead atoms. The number of nitrogens with zero attached hydrogens (tertiary/aromatic N) is 3. The monoisotopic (exact) mass is 389 g/mol. The molecule has 1 atom stereocenters. The van der Waals surface area contributed by atoms with Crippen LogP contribution >= 0.6 is 0 Å². The number of benzene rings is 2. The van der Waals surface area contributed by atoms with Gasteiger partial charge in [-0.3, -0.25) is 4.90 Å². The highest BCUT2D eigenvalue weighted by molar-refractivity contribution is 5.32. The van der Waals surface area contributed by atoms with E-state index in [9.17, 15) is 9.65 Å². The minimum absolute atomic E-state index is 0.210. The number of hydrogen-bond acceptors (Lipinski definition) is 2. The molecule has 0 aliphatic rings. The summed E-state index contributed by atoms with van der Waals surface area (Å²) in [7, 11) is 0. The zero-order chi connectivity index (χ0) is 20.8. The van der Waals surface area contributed by atoms with Crippen LogP contribution in [0.3, 0.4) is 0 Å². The fraction of sp³-hybridized carbons (Fsp3) is 0.320. The summed E-state index contributed by atoms with van der Waals surface area (Å²) in [6.07, 6.45) is 2.08. The summed E-state index contributed by atoms with van der Waals surface area (Å²) in [6.45, 7) is 9.05. The molecule has 1 aromatic heterocycles. The summed E-state index contributed by atoms with van der Waals surface area (Å²) in [4.78, 5) is 2.46. The standard InChI is InChI=1S/C25H28FN3/c1-19(2)20(3)29(17-23-7-4-6-22(14-23)15-27)18-25-8-5-13-28(25)16-21-9-11-24(26)12-10-21/h4-14,19-20H,16-18H2,1-3H3. The fourth-order valence-electron chi connectivity index (χ4n) is 3.48. The molecule has 0 saturated heterocycles. The second-order valence-electron chi connectivity index (χ2n) is 7.96. The van der Waals surface area contributed by atoms with Crippen molar-refractivity contribution in [3.05, 3.63) is 95.1 Å². The molecule has 0 radical (unpaired) electrons. The van der Waals surface area contributed by atoms with Crippen LogP contribution in [0.1, 0.15) is 43.2 Å². The molecular formula is C25H28FN3. The highest BCUT2D eigenvalue weighted by Gasteiger charge is 2.19. The van der Waals surface area contributed by atoms with E-state index in [2.05, 4.69) is 60.7 Å². The fourth-order valence-corrected chi connectivity index (χ4v) is 3.48. The number of halogens is 1. The van der Waals surface area contributed by atoms with Crippen molar-refractivity contribution in [1.29, 1.82) is 5.26 Å². The normalized spacial score (nSPS) is 12.3. The van der Waals surface area contributed by atoms with E-state index in [-0.39, 0.29) is 5.82 Å². The second kappa shape index (κ2) is 9.54. The van der Waals surface area contributed by atoms with Crippen molar-refractivity contribution in [1.82, 2.24) is 9.47 Å². The van der Waals surface area contributed by atoms with Crippen molar-refractivity contribution in [2.24, 2.45) is 5.92 Å². The van der Waals surface area contributed by atoms with Gasteiger partial charge in [-0.05, 0) is 60.4 Å². The van der Waals surface area contributed by atoms with E-state index < -0.39 is 0 Å². The molecule has 3 rings (SSSR count). The van der Waals surface area contributed by atoms with E-state index in [1.165, 1.54) is 17.8 Å². The summed E-state index contributed by atoms with van der Waals surface area (Å²) < 4.78 is 15.4. The molecule has 3 aromatic rings. The topological polar surface area (TPSA) is 32.0 Å². The molecule has 3 nitrogen and oxygen atoms in total. The third-order valence-corrected chi connectivity index (χ3v) is 5.54. The van der Waals surface area contributed by atoms with Crippen LogP contribution in [0.15, 0.2) is 66.9 Å². The van der Waals surface area contributed by atoms with Crippen molar-refractivity contribution < 1.29 is 4.39 Å². The summed E-state index contributed by atoms with van der Waals surface area (Å²) >= 11 is 0. The largest absolute Gasteiger partial charge is 0.346 e. The lowest BCUT2D eigenvalue weighted by molar-refractivity contribution is 0.148. The first kappa shape index (κ1) is 20.8. The molecule has 29 heavy (non-hydrogen) atoms. The first-order valence-electron chi connectivity index (χ1n) is 10.1. The Hall–Kier alpha value is -2.90. The Balaban J connectivity index is 1.80. The predicted molar refractivity (Wildman–Crippen MR) is 115 cm³/mol. The lowest BCUT2D eigenvalue weighted by atomic mass is 10.0. The van der Waals surface area contributed by atoms with Gasteiger partial charge in [0.15, 0.2) is 0 Å². The molecule has 1 heterocycles. The van der Waals surface area contributed by atoms with Crippen LogP contribution in [0.2, 0.25) is 0 Å². The Morgan fingerprint density at radius 2 is 1.72 bits per heavy atom. The maximum Gasteiger partial charge on any atom is 0.123 e. The van der Waals surface area contributed by atoms with Gasteiger partial charge in [0.05, 0.1) is 11.6 Å². The average Bonchev–Trinajstić information content (AvgIpc) is 3.15. The Bertz CT molecular complexity index is 966. The van der Waals surface area contributed by atoms with Crippen LogP contribution in [-0.4, -0.2) is 15.5 Å². The highest BCUT2D eigenvalue weighted by atomic mass is 19.1. The zero-order valence-electron chi connectivity index (χ0n) is 17.3. The summed E-state index contributed by atoms with van der Waals surface area (Å²) in [5.41, 5.74) is 4.14. The average molecular weight is 390 g/mol. The molecule has 0 spiro atoms. The van der Waals surface area contributed by atoms with E-state index in [1.54, 1.807) is 0 Å². The summed E-state index contributed by atoms with van der Waals surface area (Å²) in [5.74, 6) is 0.299. The molecule has 0 aliphatic carbocycles. The Morgan fingerprint density at radius 1 is 0.966 bits per heavy atom. The van der Waals surface area contributed by atoms with Crippen LogP contribution in [0, 0.1) is 23.1 Å². The van der Waals surface area contributed by atoms with Gasteiger partial charge in [0.2, 0.25) is 0 Å². The minimum atomic E-state index is -0.210. The number of aromatic nitrogens is 1. The van der Waals surface area contributed by atoms with Crippen molar-refractivity contribution in [3.63, 3.8) is 0 Å². The van der Waals surface area contributed by atoms with E-state index in [4.69, 9.17) is 0 Å². The Labute approximate surface area is 173 Å². The summed E-state index contributed by atoms with van der Waals surface area (Å²) in [5, 5.41) is 9.20. The van der Waals surface area contributed by atoms with E-state index in [0.29, 0.717) is 17.5 Å². The first-order valence-corrected chi connectivity index (χ1v) is 10.1. The van der Waals surface area contributed by atoms with Gasteiger partial charge in [-0.2, -0.15) is 5.26 Å². The smallest absolute Gasteiger partial charge is 0.123 e. The van der Waals surface area contributed by atoms with Crippen molar-refractivity contribution in [3.8, 4) is 6.07 Å². The quantitative estimate of drug-likeness (QED) is 0.503. The lowest BCUT2D eigenvalue weighted by Crippen LogP contribution is -2.36. The van der Waals surface area contributed by atoms with Crippen LogP contribution < -0.4 is 0 Å². The zero-order valence-corrected chi connectivity index (χ0v) is 17.3. The van der Waals surface area contributed by atoms with E-state index >= 15 is 0 Å². The van der Waals surface area contributed by atoms with Gasteiger partial charge in [-0.15, -0.1) is 0 Å². The number of nitriles is 1. The van der Waals surface area contributed by atoms with Crippen LogP contribution in [0.5, 0.6) is 0 Å². The van der Waals surface area contributed by atoms with Crippen LogP contribution in [-0.2, 0) is 19.6 Å². The Morgan fingerprint density at radius 3 is 2.41 bits per heavy atom. The lowest BCUT2D eigenvalue weighted by Gasteiger charge is -2.32. The molecule has 0 aliphatic heterocycles. The molecule has 0 amide bonds. The third-order valence-electron chi connectivity index (χ3n) is 5.54.